The van der Waals surface area contributed by atoms with Crippen molar-refractivity contribution in [3.8, 4) is 0 Å². The largest absolute Gasteiger partial charge is 0.271 e. The second kappa shape index (κ2) is 6.00. The van der Waals surface area contributed by atoms with Gasteiger partial charge in [0.05, 0.1) is 6.04 Å². The minimum atomic E-state index is 0.154. The molecule has 2 aromatic carbocycles. The standard InChI is InChI=1S/C17H22N2/c1-12-5-4-6-15(9-12)11-17(19-18)16-10-13(2)7-8-14(16)3/h4-10,17,19H,11,18H2,1-3H3. The van der Waals surface area contributed by atoms with Crippen LogP contribution in [0.25, 0.3) is 0 Å². The molecule has 3 N–H and O–H groups in total. The van der Waals surface area contributed by atoms with Crippen LogP contribution in [-0.2, 0) is 6.42 Å². The zero-order valence-electron chi connectivity index (χ0n) is 11.9. The Morgan fingerprint density at radius 3 is 2.42 bits per heavy atom. The molecule has 2 rings (SSSR count). The van der Waals surface area contributed by atoms with E-state index in [0.717, 1.165) is 6.42 Å². The van der Waals surface area contributed by atoms with Crippen LogP contribution < -0.4 is 11.3 Å². The molecule has 2 aromatic rings. The molecule has 0 saturated heterocycles. The summed E-state index contributed by atoms with van der Waals surface area (Å²) >= 11 is 0. The molecule has 0 radical (unpaired) electrons. The number of hydrazine groups is 1. The van der Waals surface area contributed by atoms with Gasteiger partial charge in [-0.2, -0.15) is 0 Å². The summed E-state index contributed by atoms with van der Waals surface area (Å²) in [4.78, 5) is 0. The van der Waals surface area contributed by atoms with E-state index in [1.165, 1.54) is 27.8 Å². The maximum Gasteiger partial charge on any atom is 0.0503 e. The molecule has 100 valence electrons. The number of rotatable bonds is 4. The second-order valence-corrected chi connectivity index (χ2v) is 5.27. The molecule has 19 heavy (non-hydrogen) atoms. The molecule has 0 aliphatic heterocycles. The van der Waals surface area contributed by atoms with Crippen molar-refractivity contribution >= 4 is 0 Å². The average molecular weight is 254 g/mol. The van der Waals surface area contributed by atoms with Crippen LogP contribution in [0.4, 0.5) is 0 Å². The molecule has 0 aromatic heterocycles. The fourth-order valence-corrected chi connectivity index (χ4v) is 2.47. The smallest absolute Gasteiger partial charge is 0.0503 e. The Bertz CT molecular complexity index is 561. The van der Waals surface area contributed by atoms with E-state index >= 15 is 0 Å². The van der Waals surface area contributed by atoms with Crippen molar-refractivity contribution in [1.29, 1.82) is 0 Å². The number of aryl methyl sites for hydroxylation is 3. The van der Waals surface area contributed by atoms with Crippen LogP contribution in [0.15, 0.2) is 42.5 Å². The molecule has 1 unspecified atom stereocenters. The van der Waals surface area contributed by atoms with Gasteiger partial charge < -0.3 is 0 Å². The van der Waals surface area contributed by atoms with Crippen LogP contribution in [-0.4, -0.2) is 0 Å². The molecule has 0 fully saturated rings. The summed E-state index contributed by atoms with van der Waals surface area (Å²) in [6.45, 7) is 6.37. The lowest BCUT2D eigenvalue weighted by Crippen LogP contribution is -2.30. The highest BCUT2D eigenvalue weighted by molar-refractivity contribution is 5.34. The van der Waals surface area contributed by atoms with Crippen molar-refractivity contribution in [3.63, 3.8) is 0 Å². The predicted octanol–water partition coefficient (Wildman–Crippen LogP) is 3.36. The van der Waals surface area contributed by atoms with Crippen molar-refractivity contribution in [2.75, 3.05) is 0 Å². The van der Waals surface area contributed by atoms with E-state index in [1.807, 2.05) is 0 Å². The minimum Gasteiger partial charge on any atom is -0.271 e. The molecular weight excluding hydrogens is 232 g/mol. The van der Waals surface area contributed by atoms with Gasteiger partial charge in [-0.1, -0.05) is 53.6 Å². The highest BCUT2D eigenvalue weighted by Gasteiger charge is 2.13. The van der Waals surface area contributed by atoms with Gasteiger partial charge in [0, 0.05) is 0 Å². The Kier molecular flexibility index (Phi) is 4.35. The van der Waals surface area contributed by atoms with Crippen molar-refractivity contribution < 1.29 is 0 Å². The highest BCUT2D eigenvalue weighted by atomic mass is 15.2. The van der Waals surface area contributed by atoms with Crippen LogP contribution in [0.1, 0.15) is 33.9 Å². The Labute approximate surface area is 115 Å². The van der Waals surface area contributed by atoms with Crippen LogP contribution in [0, 0.1) is 20.8 Å². The van der Waals surface area contributed by atoms with Gasteiger partial charge in [-0.15, -0.1) is 0 Å². The van der Waals surface area contributed by atoms with Gasteiger partial charge in [0.15, 0.2) is 0 Å². The van der Waals surface area contributed by atoms with Gasteiger partial charge >= 0.3 is 0 Å². The SMILES string of the molecule is Cc1cccc(CC(NN)c2cc(C)ccc2C)c1. The van der Waals surface area contributed by atoms with E-state index in [2.05, 4.69) is 68.7 Å². The molecule has 0 aliphatic carbocycles. The summed E-state index contributed by atoms with van der Waals surface area (Å²) < 4.78 is 0. The number of nitrogens with two attached hydrogens (primary N) is 1. The summed E-state index contributed by atoms with van der Waals surface area (Å²) in [6, 6.07) is 15.3. The zero-order chi connectivity index (χ0) is 13.8. The first-order chi connectivity index (χ1) is 9.10. The third kappa shape index (κ3) is 3.43. The van der Waals surface area contributed by atoms with E-state index in [1.54, 1.807) is 0 Å². The fourth-order valence-electron chi connectivity index (χ4n) is 2.47. The number of benzene rings is 2. The third-order valence-electron chi connectivity index (χ3n) is 3.53. The van der Waals surface area contributed by atoms with Gasteiger partial charge in [0.25, 0.3) is 0 Å². The van der Waals surface area contributed by atoms with Crippen molar-refractivity contribution in [2.45, 2.75) is 33.2 Å². The monoisotopic (exact) mass is 254 g/mol. The first-order valence-electron chi connectivity index (χ1n) is 6.69. The topological polar surface area (TPSA) is 38.0 Å². The highest BCUT2D eigenvalue weighted by Crippen LogP contribution is 2.22. The molecule has 1 atom stereocenters. The third-order valence-corrected chi connectivity index (χ3v) is 3.53. The van der Waals surface area contributed by atoms with Crippen molar-refractivity contribution in [2.24, 2.45) is 5.84 Å². The lowest BCUT2D eigenvalue weighted by atomic mass is 9.94. The average Bonchev–Trinajstić information content (AvgIpc) is 2.39. The number of hydrogen-bond donors (Lipinski definition) is 2. The fraction of sp³-hybridized carbons (Fsp3) is 0.294. The van der Waals surface area contributed by atoms with E-state index in [0.29, 0.717) is 0 Å². The first-order valence-corrected chi connectivity index (χ1v) is 6.69. The lowest BCUT2D eigenvalue weighted by molar-refractivity contribution is 0.549. The van der Waals surface area contributed by atoms with Crippen LogP contribution in [0.5, 0.6) is 0 Å². The maximum absolute atomic E-state index is 5.76. The second-order valence-electron chi connectivity index (χ2n) is 5.27. The quantitative estimate of drug-likeness (QED) is 0.648. The summed E-state index contributed by atoms with van der Waals surface area (Å²) in [5, 5.41) is 0. The van der Waals surface area contributed by atoms with Gasteiger partial charge in [-0.25, -0.2) is 0 Å². The Balaban J connectivity index is 2.27. The van der Waals surface area contributed by atoms with Crippen LogP contribution in [0.3, 0.4) is 0 Å². The molecule has 2 heteroatoms. The Hall–Kier alpha value is -1.64. The predicted molar refractivity (Wildman–Crippen MR) is 80.9 cm³/mol. The first kappa shape index (κ1) is 13.8. The Morgan fingerprint density at radius 2 is 1.74 bits per heavy atom. The summed E-state index contributed by atoms with van der Waals surface area (Å²) in [5.41, 5.74) is 9.38. The van der Waals surface area contributed by atoms with Gasteiger partial charge in [0.1, 0.15) is 0 Å². The normalized spacial score (nSPS) is 12.4. The van der Waals surface area contributed by atoms with Gasteiger partial charge in [-0.05, 0) is 43.9 Å². The van der Waals surface area contributed by atoms with Crippen LogP contribution in [0.2, 0.25) is 0 Å². The molecular formula is C17H22N2. The van der Waals surface area contributed by atoms with Crippen molar-refractivity contribution in [3.05, 3.63) is 70.3 Å². The molecule has 0 aliphatic rings. The van der Waals surface area contributed by atoms with E-state index in [-0.39, 0.29) is 6.04 Å². The molecule has 0 saturated carbocycles. The molecule has 0 heterocycles. The molecule has 0 amide bonds. The molecule has 0 spiro atoms. The van der Waals surface area contributed by atoms with Gasteiger partial charge in [-0.3, -0.25) is 11.3 Å². The molecule has 0 bridgehead atoms. The summed E-state index contributed by atoms with van der Waals surface area (Å²) in [6.07, 6.45) is 0.905. The zero-order valence-corrected chi connectivity index (χ0v) is 11.9. The van der Waals surface area contributed by atoms with Crippen LogP contribution >= 0.6 is 0 Å². The molecule has 2 nitrogen and oxygen atoms in total. The van der Waals surface area contributed by atoms with Crippen molar-refractivity contribution in [1.82, 2.24) is 5.43 Å². The Morgan fingerprint density at radius 1 is 1.00 bits per heavy atom. The minimum absolute atomic E-state index is 0.154. The maximum atomic E-state index is 5.76. The number of nitrogens with one attached hydrogen (secondary N) is 1. The lowest BCUT2D eigenvalue weighted by Gasteiger charge is -2.19. The summed E-state index contributed by atoms with van der Waals surface area (Å²) in [5.74, 6) is 5.76. The number of hydrogen-bond acceptors (Lipinski definition) is 2. The van der Waals surface area contributed by atoms with E-state index < -0.39 is 0 Å². The summed E-state index contributed by atoms with van der Waals surface area (Å²) in [7, 11) is 0. The van der Waals surface area contributed by atoms with E-state index in [4.69, 9.17) is 5.84 Å². The van der Waals surface area contributed by atoms with E-state index in [9.17, 15) is 0 Å². The van der Waals surface area contributed by atoms with Gasteiger partial charge in [0.2, 0.25) is 0 Å².